The standard InChI is InChI=1S/C25H45NO5Si/c1-7-32(5,6)16-8-15-26-22(27)12-11-21-18(3)20-10-9-17(2)19-13-14-24(4)29-23(28-21)25(19,20)31-30-24/h17-21,23H,7-16H2,1-6H3,(H,26,27)/t17-,18-,19+,20+,21-,23-,24+,25-/m1/s1. The van der Waals surface area contributed by atoms with Crippen LogP contribution < -0.4 is 5.32 Å². The largest absolute Gasteiger partial charge is 0.356 e. The van der Waals surface area contributed by atoms with Crippen molar-refractivity contribution in [2.24, 2.45) is 23.7 Å². The molecule has 1 saturated carbocycles. The molecule has 1 spiro atoms. The van der Waals surface area contributed by atoms with Gasteiger partial charge in [-0.05, 0) is 56.8 Å². The zero-order valence-corrected chi connectivity index (χ0v) is 22.1. The molecule has 2 bridgehead atoms. The highest BCUT2D eigenvalue weighted by molar-refractivity contribution is 6.77. The fourth-order valence-electron chi connectivity index (χ4n) is 6.64. The van der Waals surface area contributed by atoms with Crippen LogP contribution in [0.5, 0.6) is 0 Å². The van der Waals surface area contributed by atoms with E-state index in [-0.39, 0.29) is 12.0 Å². The molecule has 0 aromatic rings. The highest BCUT2D eigenvalue weighted by atomic mass is 28.3. The molecule has 184 valence electrons. The Morgan fingerprint density at radius 3 is 2.66 bits per heavy atom. The van der Waals surface area contributed by atoms with Gasteiger partial charge in [0.05, 0.1) is 6.10 Å². The van der Waals surface area contributed by atoms with Gasteiger partial charge in [0.15, 0.2) is 11.9 Å². The summed E-state index contributed by atoms with van der Waals surface area (Å²) in [6.07, 6.45) is 6.10. The minimum atomic E-state index is -1.06. The van der Waals surface area contributed by atoms with E-state index in [9.17, 15) is 4.79 Å². The number of fused-ring (bicyclic) bond motifs is 2. The zero-order valence-electron chi connectivity index (χ0n) is 21.1. The summed E-state index contributed by atoms with van der Waals surface area (Å²) < 4.78 is 13.0. The molecule has 4 saturated heterocycles. The van der Waals surface area contributed by atoms with Crippen LogP contribution in [0.15, 0.2) is 0 Å². The molecule has 0 aromatic heterocycles. The molecular formula is C25H45NO5Si. The Labute approximate surface area is 195 Å². The first-order valence-electron chi connectivity index (χ1n) is 13.1. The van der Waals surface area contributed by atoms with Crippen molar-refractivity contribution >= 4 is 14.0 Å². The van der Waals surface area contributed by atoms with E-state index in [0.717, 1.165) is 38.6 Å². The second-order valence-corrected chi connectivity index (χ2v) is 17.5. The molecule has 4 heterocycles. The maximum absolute atomic E-state index is 12.5. The minimum absolute atomic E-state index is 0.00779. The van der Waals surface area contributed by atoms with Crippen molar-refractivity contribution in [3.05, 3.63) is 0 Å². The number of hydrogen-bond acceptors (Lipinski definition) is 5. The van der Waals surface area contributed by atoms with Gasteiger partial charge in [0, 0.05) is 33.4 Å². The van der Waals surface area contributed by atoms with Crippen LogP contribution in [0.2, 0.25) is 25.2 Å². The van der Waals surface area contributed by atoms with Crippen molar-refractivity contribution in [2.75, 3.05) is 6.54 Å². The van der Waals surface area contributed by atoms with Crippen LogP contribution in [-0.2, 0) is 24.0 Å². The van der Waals surface area contributed by atoms with Gasteiger partial charge in [0.25, 0.3) is 0 Å². The van der Waals surface area contributed by atoms with Crippen LogP contribution in [-0.4, -0.2) is 44.3 Å². The molecule has 5 aliphatic rings. The van der Waals surface area contributed by atoms with Crippen LogP contribution in [0.1, 0.15) is 72.6 Å². The van der Waals surface area contributed by atoms with Crippen molar-refractivity contribution in [3.63, 3.8) is 0 Å². The molecular weight excluding hydrogens is 422 g/mol. The third kappa shape index (κ3) is 4.57. The SMILES string of the molecule is CC[Si](C)(C)CCCNC(=O)CC[C@H]1O[C@@H]2O[C@]3(C)CC[C@H]4[C@H](C)CC[C@@H]([C@H]1C)[C@@]24OO3. The first kappa shape index (κ1) is 24.6. The summed E-state index contributed by atoms with van der Waals surface area (Å²) in [5, 5.41) is 3.13. The van der Waals surface area contributed by atoms with E-state index in [4.69, 9.17) is 19.2 Å². The summed E-state index contributed by atoms with van der Waals surface area (Å²) in [7, 11) is -1.06. The van der Waals surface area contributed by atoms with Gasteiger partial charge in [0.1, 0.15) is 0 Å². The summed E-state index contributed by atoms with van der Waals surface area (Å²) in [5.74, 6) is 0.996. The topological polar surface area (TPSA) is 66.0 Å². The molecule has 0 aromatic carbocycles. The Morgan fingerprint density at radius 2 is 1.91 bits per heavy atom. The number of nitrogens with one attached hydrogen (secondary N) is 1. The summed E-state index contributed by atoms with van der Waals surface area (Å²) in [4.78, 5) is 24.6. The molecule has 4 aliphatic heterocycles. The highest BCUT2D eigenvalue weighted by Gasteiger charge is 2.69. The Hall–Kier alpha value is -0.473. The van der Waals surface area contributed by atoms with Gasteiger partial charge in [-0.2, -0.15) is 0 Å². The number of carbonyl (C=O) groups excluding carboxylic acids is 1. The first-order chi connectivity index (χ1) is 15.1. The number of ether oxygens (including phenoxy) is 2. The van der Waals surface area contributed by atoms with Gasteiger partial charge >= 0.3 is 0 Å². The Bertz CT molecular complexity index is 689. The van der Waals surface area contributed by atoms with Gasteiger partial charge in [-0.15, -0.1) is 0 Å². The number of hydrogen-bond donors (Lipinski definition) is 1. The predicted molar refractivity (Wildman–Crippen MR) is 126 cm³/mol. The van der Waals surface area contributed by atoms with E-state index in [2.05, 4.69) is 39.2 Å². The van der Waals surface area contributed by atoms with Crippen molar-refractivity contribution in [1.29, 1.82) is 0 Å². The van der Waals surface area contributed by atoms with Gasteiger partial charge in [-0.1, -0.05) is 46.0 Å². The fourth-order valence-corrected chi connectivity index (χ4v) is 8.13. The molecule has 0 unspecified atom stereocenters. The molecule has 1 N–H and O–H groups in total. The van der Waals surface area contributed by atoms with Crippen LogP contribution in [0.25, 0.3) is 0 Å². The smallest absolute Gasteiger partial charge is 0.220 e. The third-order valence-corrected chi connectivity index (χ3v) is 12.9. The summed E-state index contributed by atoms with van der Waals surface area (Å²) >= 11 is 0. The maximum Gasteiger partial charge on any atom is 0.220 e. The average Bonchev–Trinajstić information content (AvgIpc) is 2.99. The summed E-state index contributed by atoms with van der Waals surface area (Å²) in [5.41, 5.74) is -0.512. The maximum atomic E-state index is 12.5. The van der Waals surface area contributed by atoms with Crippen molar-refractivity contribution in [2.45, 2.75) is 122 Å². The van der Waals surface area contributed by atoms with Crippen molar-refractivity contribution in [1.82, 2.24) is 5.32 Å². The molecule has 6 nitrogen and oxygen atoms in total. The Kier molecular flexibility index (Phi) is 7.15. The van der Waals surface area contributed by atoms with Crippen molar-refractivity contribution < 1.29 is 24.0 Å². The quantitative estimate of drug-likeness (QED) is 0.300. The second kappa shape index (κ2) is 9.29. The normalized spacial score (nSPS) is 43.4. The van der Waals surface area contributed by atoms with Crippen molar-refractivity contribution in [3.8, 4) is 0 Å². The van der Waals surface area contributed by atoms with Gasteiger partial charge < -0.3 is 14.8 Å². The van der Waals surface area contributed by atoms with Gasteiger partial charge in [-0.3, -0.25) is 4.79 Å². The van der Waals surface area contributed by atoms with Gasteiger partial charge in [0.2, 0.25) is 11.7 Å². The van der Waals surface area contributed by atoms with Crippen LogP contribution in [0, 0.1) is 23.7 Å². The second-order valence-electron chi connectivity index (χ2n) is 12.0. The van der Waals surface area contributed by atoms with E-state index in [0.29, 0.717) is 30.1 Å². The minimum Gasteiger partial charge on any atom is -0.356 e. The molecule has 5 rings (SSSR count). The van der Waals surface area contributed by atoms with Gasteiger partial charge in [-0.25, -0.2) is 9.78 Å². The third-order valence-electron chi connectivity index (χ3n) is 9.26. The molecule has 1 aliphatic carbocycles. The van der Waals surface area contributed by atoms with Crippen LogP contribution >= 0.6 is 0 Å². The molecule has 1 amide bonds. The lowest BCUT2D eigenvalue weighted by molar-refractivity contribution is -0.571. The molecule has 0 radical (unpaired) electrons. The van der Waals surface area contributed by atoms with E-state index in [1.54, 1.807) is 0 Å². The lowest BCUT2D eigenvalue weighted by Crippen LogP contribution is -2.70. The summed E-state index contributed by atoms with van der Waals surface area (Å²) in [6, 6.07) is 2.58. The van der Waals surface area contributed by atoms with E-state index in [1.165, 1.54) is 18.5 Å². The number of amides is 1. The fraction of sp³-hybridized carbons (Fsp3) is 0.960. The summed E-state index contributed by atoms with van der Waals surface area (Å²) in [6.45, 7) is 14.5. The van der Waals surface area contributed by atoms with Crippen LogP contribution in [0.4, 0.5) is 0 Å². The van der Waals surface area contributed by atoms with E-state index >= 15 is 0 Å². The molecule has 7 heteroatoms. The monoisotopic (exact) mass is 467 g/mol. The lowest BCUT2D eigenvalue weighted by atomic mass is 9.57. The van der Waals surface area contributed by atoms with E-state index in [1.807, 2.05) is 6.92 Å². The highest BCUT2D eigenvalue weighted by Crippen LogP contribution is 2.60. The Balaban J connectivity index is 1.36. The zero-order chi connectivity index (χ0) is 23.1. The Morgan fingerprint density at radius 1 is 1.12 bits per heavy atom. The van der Waals surface area contributed by atoms with E-state index < -0.39 is 25.8 Å². The van der Waals surface area contributed by atoms with Crippen LogP contribution in [0.3, 0.4) is 0 Å². The first-order valence-corrected chi connectivity index (χ1v) is 16.5. The molecule has 5 fully saturated rings. The predicted octanol–water partition coefficient (Wildman–Crippen LogP) is 5.25. The number of carbonyl (C=O) groups is 1. The number of rotatable bonds is 8. The molecule has 32 heavy (non-hydrogen) atoms. The molecule has 8 atom stereocenters. The average molecular weight is 468 g/mol. The lowest BCUT2D eigenvalue weighted by Gasteiger charge is -2.60.